The van der Waals surface area contributed by atoms with Crippen LogP contribution in [0.2, 0.25) is 0 Å². The van der Waals surface area contributed by atoms with Gasteiger partial charge < -0.3 is 4.74 Å². The Morgan fingerprint density at radius 2 is 1.71 bits per heavy atom. The van der Waals surface area contributed by atoms with Crippen LogP contribution in [0.25, 0.3) is 0 Å². The number of hydrogen-bond acceptors (Lipinski definition) is 5. The summed E-state index contributed by atoms with van der Waals surface area (Å²) in [4.78, 5) is 3.71. The Labute approximate surface area is 95.6 Å². The maximum atomic E-state index is 13.1. The largest absolute Gasteiger partial charge is 0.381 e. The number of nitrogens with zero attached hydrogens (tertiary/aromatic N) is 2. The molecule has 0 aliphatic carbocycles. The molecule has 0 bridgehead atoms. The first kappa shape index (κ1) is 13.8. The quantitative estimate of drug-likeness (QED) is 0.447. The highest BCUT2D eigenvalue weighted by atomic mass is 32.2. The predicted octanol–water partition coefficient (Wildman–Crippen LogP) is 0.704. The molecular formula is C8H9F3N2O3S. The molecular weight excluding hydrogens is 261 g/mol. The van der Waals surface area contributed by atoms with Crippen molar-refractivity contribution >= 4 is 9.84 Å². The standard InChI is InChI=1S/C8H9F3N2O3S/c1-2-16-3-4-17(14,15)5-6(9)12-8(11)13-7(5)10/h2-4H2,1H3. The normalized spacial score (nSPS) is 11.8. The average molecular weight is 270 g/mol. The molecule has 1 heterocycles. The second kappa shape index (κ2) is 5.41. The van der Waals surface area contributed by atoms with Crippen LogP contribution in [-0.2, 0) is 14.6 Å². The van der Waals surface area contributed by atoms with Gasteiger partial charge in [-0.2, -0.15) is 23.1 Å². The second-order valence-electron chi connectivity index (χ2n) is 2.92. The fraction of sp³-hybridized carbons (Fsp3) is 0.500. The van der Waals surface area contributed by atoms with Crippen molar-refractivity contribution in [1.82, 2.24) is 9.97 Å². The summed E-state index contributed by atoms with van der Waals surface area (Å²) in [5, 5.41) is 0. The topological polar surface area (TPSA) is 69.2 Å². The minimum atomic E-state index is -4.28. The van der Waals surface area contributed by atoms with Crippen molar-refractivity contribution < 1.29 is 26.3 Å². The van der Waals surface area contributed by atoms with Crippen LogP contribution in [0.1, 0.15) is 6.92 Å². The summed E-state index contributed by atoms with van der Waals surface area (Å²) < 4.78 is 66.3. The molecule has 0 amide bonds. The van der Waals surface area contributed by atoms with Crippen LogP contribution in [0.5, 0.6) is 0 Å². The highest BCUT2D eigenvalue weighted by Gasteiger charge is 2.27. The van der Waals surface area contributed by atoms with Crippen molar-refractivity contribution in [3.05, 3.63) is 18.0 Å². The third-order valence-corrected chi connectivity index (χ3v) is 3.43. The van der Waals surface area contributed by atoms with E-state index in [1.807, 2.05) is 0 Å². The van der Waals surface area contributed by atoms with Crippen LogP contribution in [0.3, 0.4) is 0 Å². The lowest BCUT2D eigenvalue weighted by molar-refractivity contribution is 0.163. The zero-order valence-electron chi connectivity index (χ0n) is 8.78. The van der Waals surface area contributed by atoms with Crippen molar-refractivity contribution in [3.63, 3.8) is 0 Å². The highest BCUT2D eigenvalue weighted by Crippen LogP contribution is 2.17. The molecule has 0 saturated carbocycles. The molecule has 1 aromatic rings. The summed E-state index contributed by atoms with van der Waals surface area (Å²) in [7, 11) is -4.28. The fourth-order valence-corrected chi connectivity index (χ4v) is 2.19. The molecule has 0 aliphatic heterocycles. The van der Waals surface area contributed by atoms with E-state index in [0.717, 1.165) is 0 Å². The third kappa shape index (κ3) is 3.37. The van der Waals surface area contributed by atoms with E-state index in [1.165, 1.54) is 0 Å². The summed E-state index contributed by atoms with van der Waals surface area (Å²) in [5.41, 5.74) is 0. The summed E-state index contributed by atoms with van der Waals surface area (Å²) >= 11 is 0. The van der Waals surface area contributed by atoms with Gasteiger partial charge in [0.05, 0.1) is 12.4 Å². The SMILES string of the molecule is CCOCCS(=O)(=O)c1c(F)nc(F)nc1F. The van der Waals surface area contributed by atoms with Gasteiger partial charge in [0.15, 0.2) is 14.7 Å². The predicted molar refractivity (Wildman–Crippen MR) is 50.5 cm³/mol. The molecule has 1 rings (SSSR count). The van der Waals surface area contributed by atoms with Gasteiger partial charge in [0.1, 0.15) is 0 Å². The summed E-state index contributed by atoms with van der Waals surface area (Å²) in [6.45, 7) is 1.67. The minimum absolute atomic E-state index is 0.227. The van der Waals surface area contributed by atoms with Gasteiger partial charge >= 0.3 is 6.08 Å². The summed E-state index contributed by atoms with van der Waals surface area (Å²) in [6, 6.07) is 0. The summed E-state index contributed by atoms with van der Waals surface area (Å²) in [6.07, 6.45) is -1.66. The maximum Gasteiger partial charge on any atom is 0.314 e. The van der Waals surface area contributed by atoms with Gasteiger partial charge in [-0.3, -0.25) is 0 Å². The molecule has 0 unspecified atom stereocenters. The van der Waals surface area contributed by atoms with Crippen molar-refractivity contribution in [1.29, 1.82) is 0 Å². The van der Waals surface area contributed by atoms with Crippen LogP contribution < -0.4 is 0 Å². The molecule has 0 N–H and O–H groups in total. The first-order valence-corrected chi connectivity index (χ1v) is 6.22. The highest BCUT2D eigenvalue weighted by molar-refractivity contribution is 7.91. The van der Waals surface area contributed by atoms with E-state index in [9.17, 15) is 21.6 Å². The van der Waals surface area contributed by atoms with E-state index in [-0.39, 0.29) is 13.2 Å². The fourth-order valence-electron chi connectivity index (χ4n) is 1.05. The van der Waals surface area contributed by atoms with E-state index in [4.69, 9.17) is 4.74 Å². The number of ether oxygens (including phenoxy) is 1. The van der Waals surface area contributed by atoms with Crippen molar-refractivity contribution in [3.8, 4) is 0 Å². The van der Waals surface area contributed by atoms with Gasteiger partial charge in [-0.15, -0.1) is 0 Å². The molecule has 17 heavy (non-hydrogen) atoms. The molecule has 0 spiro atoms. The molecule has 1 aromatic heterocycles. The molecule has 9 heteroatoms. The number of hydrogen-bond donors (Lipinski definition) is 0. The maximum absolute atomic E-state index is 13.1. The molecule has 0 radical (unpaired) electrons. The van der Waals surface area contributed by atoms with Gasteiger partial charge in [-0.25, -0.2) is 8.42 Å². The zero-order chi connectivity index (χ0) is 13.1. The van der Waals surface area contributed by atoms with Crippen molar-refractivity contribution in [2.45, 2.75) is 11.8 Å². The smallest absolute Gasteiger partial charge is 0.314 e. The van der Waals surface area contributed by atoms with Crippen LogP contribution in [0.4, 0.5) is 13.2 Å². The molecule has 0 saturated heterocycles. The Morgan fingerprint density at radius 3 is 2.18 bits per heavy atom. The average Bonchev–Trinajstić information content (AvgIpc) is 2.15. The van der Waals surface area contributed by atoms with Gasteiger partial charge in [-0.05, 0) is 6.92 Å². The van der Waals surface area contributed by atoms with Crippen LogP contribution in [0.15, 0.2) is 4.90 Å². The van der Waals surface area contributed by atoms with Gasteiger partial charge in [-0.1, -0.05) is 0 Å². The zero-order valence-corrected chi connectivity index (χ0v) is 9.60. The second-order valence-corrected chi connectivity index (χ2v) is 4.97. The molecule has 0 aliphatic rings. The molecule has 0 fully saturated rings. The van der Waals surface area contributed by atoms with E-state index in [0.29, 0.717) is 0 Å². The third-order valence-electron chi connectivity index (χ3n) is 1.77. The molecule has 5 nitrogen and oxygen atoms in total. The first-order chi connectivity index (χ1) is 7.88. The number of sulfone groups is 1. The number of halogens is 3. The van der Waals surface area contributed by atoms with E-state index < -0.39 is 38.5 Å². The van der Waals surface area contributed by atoms with E-state index in [1.54, 1.807) is 6.92 Å². The van der Waals surface area contributed by atoms with Crippen LogP contribution in [0, 0.1) is 18.0 Å². The Bertz CT molecular complexity index is 484. The Kier molecular flexibility index (Phi) is 4.40. The van der Waals surface area contributed by atoms with Gasteiger partial charge in [0.25, 0.3) is 0 Å². The Balaban J connectivity index is 3.07. The van der Waals surface area contributed by atoms with Crippen LogP contribution >= 0.6 is 0 Å². The lowest BCUT2D eigenvalue weighted by Gasteiger charge is -2.05. The van der Waals surface area contributed by atoms with E-state index >= 15 is 0 Å². The lowest BCUT2D eigenvalue weighted by Crippen LogP contribution is -2.18. The minimum Gasteiger partial charge on any atom is -0.381 e. The molecule has 96 valence electrons. The molecule has 0 aromatic carbocycles. The van der Waals surface area contributed by atoms with Gasteiger partial charge in [0.2, 0.25) is 11.9 Å². The monoisotopic (exact) mass is 270 g/mol. The molecule has 0 atom stereocenters. The Morgan fingerprint density at radius 1 is 1.18 bits per heavy atom. The van der Waals surface area contributed by atoms with Gasteiger partial charge in [0, 0.05) is 6.61 Å². The van der Waals surface area contributed by atoms with Crippen LogP contribution in [-0.4, -0.2) is 37.4 Å². The number of aromatic nitrogens is 2. The van der Waals surface area contributed by atoms with E-state index in [2.05, 4.69) is 9.97 Å². The van der Waals surface area contributed by atoms with Crippen molar-refractivity contribution in [2.75, 3.05) is 19.0 Å². The summed E-state index contributed by atoms with van der Waals surface area (Å²) in [5.74, 6) is -4.12. The number of rotatable bonds is 5. The Hall–Kier alpha value is -1.22. The lowest BCUT2D eigenvalue weighted by atomic mass is 10.6. The van der Waals surface area contributed by atoms with Crippen molar-refractivity contribution in [2.24, 2.45) is 0 Å². The first-order valence-electron chi connectivity index (χ1n) is 4.57.